The molecule has 0 saturated carbocycles. The summed E-state index contributed by atoms with van der Waals surface area (Å²) in [6.45, 7) is 7.25. The largest absolute Gasteiger partial charge is 0.366 e. The van der Waals surface area contributed by atoms with Crippen LogP contribution in [0.2, 0.25) is 0 Å². The van der Waals surface area contributed by atoms with E-state index in [9.17, 15) is 9.18 Å². The number of benzene rings is 1. The van der Waals surface area contributed by atoms with Crippen molar-refractivity contribution in [1.82, 2.24) is 15.1 Å². The van der Waals surface area contributed by atoms with Crippen molar-refractivity contribution >= 4 is 52.9 Å². The summed E-state index contributed by atoms with van der Waals surface area (Å²) in [6, 6.07) is 9.01. The van der Waals surface area contributed by atoms with Gasteiger partial charge in [0.15, 0.2) is 5.96 Å². The van der Waals surface area contributed by atoms with E-state index in [1.165, 1.54) is 16.5 Å². The van der Waals surface area contributed by atoms with Crippen molar-refractivity contribution < 1.29 is 9.18 Å². The van der Waals surface area contributed by atoms with Crippen molar-refractivity contribution in [2.24, 2.45) is 4.99 Å². The Balaban J connectivity index is 0.00000272. The Morgan fingerprint density at radius 3 is 2.65 bits per heavy atom. The Bertz CT molecular complexity index is 913. The number of hydrogen-bond acceptors (Lipinski definition) is 4. The van der Waals surface area contributed by atoms with Gasteiger partial charge in [0.25, 0.3) is 0 Å². The van der Waals surface area contributed by atoms with Crippen LogP contribution in [0.1, 0.15) is 17.4 Å². The first kappa shape index (κ1) is 23.8. The van der Waals surface area contributed by atoms with E-state index < -0.39 is 0 Å². The van der Waals surface area contributed by atoms with Gasteiger partial charge in [0.1, 0.15) is 12.4 Å². The van der Waals surface area contributed by atoms with Crippen LogP contribution in [0.25, 0.3) is 0 Å². The van der Waals surface area contributed by atoms with Crippen LogP contribution in [0.15, 0.2) is 40.7 Å². The second-order valence-electron chi connectivity index (χ2n) is 7.53. The number of guanidine groups is 1. The van der Waals surface area contributed by atoms with Gasteiger partial charge in [-0.15, -0.1) is 35.3 Å². The van der Waals surface area contributed by atoms with Crippen LogP contribution in [-0.4, -0.2) is 67.5 Å². The lowest BCUT2D eigenvalue weighted by atomic mass is 10.1. The number of fused-ring (bicyclic) bond motifs is 1. The van der Waals surface area contributed by atoms with Crippen molar-refractivity contribution in [3.8, 4) is 0 Å². The summed E-state index contributed by atoms with van der Waals surface area (Å²) in [7, 11) is 0. The van der Waals surface area contributed by atoms with Crippen LogP contribution in [0.4, 0.5) is 10.1 Å². The molecule has 1 aromatic heterocycles. The average Bonchev–Trinajstić information content (AvgIpc) is 3.25. The number of carbonyl (C=O) groups is 1. The number of piperazine rings is 1. The molecule has 0 radical (unpaired) electrons. The molecule has 2 aromatic rings. The van der Waals surface area contributed by atoms with Gasteiger partial charge in [-0.3, -0.25) is 4.79 Å². The smallest absolute Gasteiger partial charge is 0.244 e. The van der Waals surface area contributed by atoms with Crippen LogP contribution >= 0.6 is 35.3 Å². The number of hydrogen-bond donors (Lipinski definition) is 1. The second-order valence-corrected chi connectivity index (χ2v) is 8.53. The summed E-state index contributed by atoms with van der Waals surface area (Å²) >= 11 is 1.77. The van der Waals surface area contributed by atoms with Gasteiger partial charge in [-0.05, 0) is 42.5 Å². The molecule has 0 atom stereocenters. The summed E-state index contributed by atoms with van der Waals surface area (Å²) in [5.74, 6) is 0.631. The number of carbonyl (C=O) groups excluding carboxylic acids is 1. The maximum absolute atomic E-state index is 14.1. The lowest BCUT2D eigenvalue weighted by molar-refractivity contribution is -0.130. The van der Waals surface area contributed by atoms with Crippen molar-refractivity contribution in [1.29, 1.82) is 0 Å². The zero-order valence-corrected chi connectivity index (χ0v) is 20.9. The fraction of sp³-hybridized carbons (Fsp3) is 0.455. The molecular weight excluding hydrogens is 528 g/mol. The van der Waals surface area contributed by atoms with E-state index in [2.05, 4.69) is 31.6 Å². The molecule has 0 spiro atoms. The van der Waals surface area contributed by atoms with Gasteiger partial charge in [-0.25, -0.2) is 9.38 Å². The zero-order chi connectivity index (χ0) is 20.9. The third kappa shape index (κ3) is 5.68. The zero-order valence-electron chi connectivity index (χ0n) is 17.7. The summed E-state index contributed by atoms with van der Waals surface area (Å²) in [4.78, 5) is 24.9. The Kier molecular flexibility index (Phi) is 8.53. The van der Waals surface area contributed by atoms with E-state index >= 15 is 0 Å². The van der Waals surface area contributed by atoms with Crippen molar-refractivity contribution in [2.45, 2.75) is 19.9 Å². The van der Waals surface area contributed by atoms with Gasteiger partial charge in [0.05, 0.1) is 5.69 Å². The monoisotopic (exact) mass is 557 g/mol. The van der Waals surface area contributed by atoms with E-state index in [1.807, 2.05) is 24.0 Å². The molecule has 0 unspecified atom stereocenters. The molecule has 1 saturated heterocycles. The van der Waals surface area contributed by atoms with Gasteiger partial charge >= 0.3 is 0 Å². The van der Waals surface area contributed by atoms with E-state index in [0.717, 1.165) is 38.6 Å². The van der Waals surface area contributed by atoms with Gasteiger partial charge in [-0.2, -0.15) is 0 Å². The van der Waals surface area contributed by atoms with Gasteiger partial charge in [0.2, 0.25) is 5.91 Å². The first-order chi connectivity index (χ1) is 14.7. The SMILES string of the molecule is CCNC(=NCC(=O)N1CCc2sccc2C1)N1CCN(c2ccccc2F)CC1.I. The molecule has 1 fully saturated rings. The summed E-state index contributed by atoms with van der Waals surface area (Å²) < 4.78 is 14.1. The summed E-state index contributed by atoms with van der Waals surface area (Å²) in [6.07, 6.45) is 0.931. The minimum absolute atomic E-state index is 0. The first-order valence-electron chi connectivity index (χ1n) is 10.5. The van der Waals surface area contributed by atoms with E-state index in [4.69, 9.17) is 0 Å². The fourth-order valence-corrected chi connectivity index (χ4v) is 4.89. The van der Waals surface area contributed by atoms with Gasteiger partial charge < -0.3 is 20.0 Å². The highest BCUT2D eigenvalue weighted by Gasteiger charge is 2.23. The van der Waals surface area contributed by atoms with Gasteiger partial charge in [0, 0.05) is 50.7 Å². The number of amides is 1. The normalized spacial score (nSPS) is 16.6. The summed E-state index contributed by atoms with van der Waals surface area (Å²) in [5.41, 5.74) is 1.91. The lowest BCUT2D eigenvalue weighted by Crippen LogP contribution is -2.53. The van der Waals surface area contributed by atoms with Crippen LogP contribution in [0.3, 0.4) is 0 Å². The molecule has 31 heavy (non-hydrogen) atoms. The van der Waals surface area contributed by atoms with E-state index in [1.54, 1.807) is 17.4 Å². The predicted octanol–water partition coefficient (Wildman–Crippen LogP) is 3.18. The fourth-order valence-electron chi connectivity index (χ4n) is 4.00. The number of rotatable bonds is 4. The molecule has 168 valence electrons. The molecule has 2 aliphatic heterocycles. The molecule has 1 aromatic carbocycles. The first-order valence-corrected chi connectivity index (χ1v) is 11.4. The summed E-state index contributed by atoms with van der Waals surface area (Å²) in [5, 5.41) is 5.40. The molecule has 0 bridgehead atoms. The standard InChI is InChI=1S/C22H28FN5OS.HI/c1-2-24-22(25-15-21(29)28-9-7-20-17(16-28)8-14-30-20)27-12-10-26(11-13-27)19-6-4-3-5-18(19)23;/h3-6,8,14H,2,7,9-13,15-16H2,1H3,(H,24,25);1H. The van der Waals surface area contributed by atoms with Crippen molar-refractivity contribution in [2.75, 3.05) is 50.7 Å². The van der Waals surface area contributed by atoms with E-state index in [-0.39, 0.29) is 42.2 Å². The minimum atomic E-state index is -0.188. The highest BCUT2D eigenvalue weighted by molar-refractivity contribution is 14.0. The Morgan fingerprint density at radius 2 is 1.90 bits per heavy atom. The molecule has 1 amide bonds. The van der Waals surface area contributed by atoms with Crippen molar-refractivity contribution in [3.63, 3.8) is 0 Å². The van der Waals surface area contributed by atoms with Gasteiger partial charge in [-0.1, -0.05) is 12.1 Å². The molecule has 6 nitrogen and oxygen atoms in total. The molecule has 0 aliphatic carbocycles. The number of para-hydroxylation sites is 1. The Labute approximate surface area is 204 Å². The molecule has 1 N–H and O–H groups in total. The lowest BCUT2D eigenvalue weighted by Gasteiger charge is -2.37. The number of thiophene rings is 1. The number of anilines is 1. The van der Waals surface area contributed by atoms with Crippen molar-refractivity contribution in [3.05, 3.63) is 52.0 Å². The molecule has 3 heterocycles. The molecule has 9 heteroatoms. The predicted molar refractivity (Wildman–Crippen MR) is 135 cm³/mol. The van der Waals surface area contributed by atoms with Crippen LogP contribution < -0.4 is 10.2 Å². The average molecular weight is 557 g/mol. The van der Waals surface area contributed by atoms with Crippen LogP contribution in [0, 0.1) is 5.82 Å². The number of nitrogens with zero attached hydrogens (tertiary/aromatic N) is 4. The number of halogens is 2. The van der Waals surface area contributed by atoms with E-state index in [0.29, 0.717) is 25.3 Å². The maximum atomic E-state index is 14.1. The van der Waals surface area contributed by atoms with Crippen LogP contribution in [0.5, 0.6) is 0 Å². The minimum Gasteiger partial charge on any atom is -0.366 e. The third-order valence-electron chi connectivity index (χ3n) is 5.63. The quantitative estimate of drug-likeness (QED) is 0.357. The Hall–Kier alpha value is -1.88. The highest BCUT2D eigenvalue weighted by atomic mass is 127. The Morgan fingerprint density at radius 1 is 1.13 bits per heavy atom. The second kappa shape index (κ2) is 11.1. The highest BCUT2D eigenvalue weighted by Crippen LogP contribution is 2.24. The molecular formula is C22H29FIN5OS. The third-order valence-corrected chi connectivity index (χ3v) is 6.65. The number of nitrogens with one attached hydrogen (secondary N) is 1. The topological polar surface area (TPSA) is 51.2 Å². The number of aliphatic imine (C=N–C) groups is 1. The van der Waals surface area contributed by atoms with Crippen LogP contribution in [-0.2, 0) is 17.8 Å². The molecule has 4 rings (SSSR count). The molecule has 2 aliphatic rings. The maximum Gasteiger partial charge on any atom is 0.244 e.